The average Bonchev–Trinajstić information content (AvgIpc) is 2.79. The summed E-state index contributed by atoms with van der Waals surface area (Å²) in [6.45, 7) is 6.22. The summed E-state index contributed by atoms with van der Waals surface area (Å²) in [5, 5.41) is 3.62. The Hall–Kier alpha value is -2.28. The number of benzene rings is 2. The van der Waals surface area contributed by atoms with E-state index in [1.165, 1.54) is 24.6 Å². The van der Waals surface area contributed by atoms with Crippen molar-refractivity contribution in [3.8, 4) is 0 Å². The van der Waals surface area contributed by atoms with E-state index in [0.29, 0.717) is 16.5 Å². The van der Waals surface area contributed by atoms with Gasteiger partial charge in [-0.05, 0) is 74.2 Å². The fraction of sp³-hybridized carbons (Fsp3) is 0.385. The van der Waals surface area contributed by atoms with Crippen molar-refractivity contribution in [2.45, 2.75) is 31.1 Å². The molecule has 7 heteroatoms. The molecular weight excluding hydrogens is 454 g/mol. The molecule has 174 valence electrons. The maximum atomic E-state index is 13.3. The van der Waals surface area contributed by atoms with E-state index in [0.717, 1.165) is 48.1 Å². The highest BCUT2D eigenvalue weighted by Gasteiger charge is 2.30. The molecule has 0 radical (unpaired) electrons. The number of rotatable bonds is 7. The number of fused-ring (bicyclic) bond motifs is 1. The Morgan fingerprint density at radius 3 is 2.91 bits per heavy atom. The van der Waals surface area contributed by atoms with Crippen LogP contribution in [-0.2, 0) is 9.59 Å². The zero-order valence-corrected chi connectivity index (χ0v) is 20.5. The molecular formula is C26H30ClN3O2S. The highest BCUT2D eigenvalue weighted by molar-refractivity contribution is 8.04. The number of amides is 2. The molecule has 0 bridgehead atoms. The molecule has 0 aromatic heterocycles. The van der Waals surface area contributed by atoms with E-state index in [1.54, 1.807) is 11.0 Å². The number of piperidine rings is 1. The summed E-state index contributed by atoms with van der Waals surface area (Å²) in [4.78, 5) is 31.6. The molecule has 1 unspecified atom stereocenters. The third-order valence-corrected chi connectivity index (χ3v) is 7.31. The van der Waals surface area contributed by atoms with Crippen molar-refractivity contribution in [2.75, 3.05) is 37.6 Å². The van der Waals surface area contributed by atoms with Crippen molar-refractivity contribution in [3.05, 3.63) is 64.0 Å². The van der Waals surface area contributed by atoms with Gasteiger partial charge in [-0.1, -0.05) is 54.6 Å². The van der Waals surface area contributed by atoms with Gasteiger partial charge in [0.1, 0.15) is 6.54 Å². The van der Waals surface area contributed by atoms with Crippen molar-refractivity contribution in [3.63, 3.8) is 0 Å². The van der Waals surface area contributed by atoms with Gasteiger partial charge in [-0.2, -0.15) is 0 Å². The van der Waals surface area contributed by atoms with Gasteiger partial charge >= 0.3 is 0 Å². The van der Waals surface area contributed by atoms with Crippen LogP contribution in [0.2, 0.25) is 5.02 Å². The van der Waals surface area contributed by atoms with Gasteiger partial charge in [0.15, 0.2) is 0 Å². The normalized spacial score (nSPS) is 20.1. The van der Waals surface area contributed by atoms with Crippen LogP contribution in [0.25, 0.3) is 6.08 Å². The lowest BCUT2D eigenvalue weighted by Crippen LogP contribution is -2.43. The predicted molar refractivity (Wildman–Crippen MR) is 137 cm³/mol. The van der Waals surface area contributed by atoms with Crippen LogP contribution in [0.4, 0.5) is 5.69 Å². The predicted octanol–water partition coefficient (Wildman–Crippen LogP) is 5.06. The second-order valence-electron chi connectivity index (χ2n) is 8.78. The minimum Gasteiger partial charge on any atom is -0.355 e. The molecule has 4 rings (SSSR count). The standard InChI is InChI=1S/C26H30ClN3O2S/c1-19-7-5-13-29(17-19)14-6-12-28-25(31)18-30-22-10-2-3-11-23(22)33-24(26(30)32)16-20-8-4-9-21(27)15-20/h2-4,8-11,15-16,19H,5-7,12-14,17-18H2,1H3,(H,28,31). The monoisotopic (exact) mass is 483 g/mol. The first kappa shape index (κ1) is 23.9. The van der Waals surface area contributed by atoms with Gasteiger partial charge in [-0.25, -0.2) is 0 Å². The van der Waals surface area contributed by atoms with Gasteiger partial charge in [0.05, 0.1) is 10.6 Å². The van der Waals surface area contributed by atoms with Gasteiger partial charge in [-0.15, -0.1) is 0 Å². The molecule has 0 aliphatic carbocycles. The molecule has 1 atom stereocenters. The van der Waals surface area contributed by atoms with E-state index >= 15 is 0 Å². The van der Waals surface area contributed by atoms with Crippen LogP contribution >= 0.6 is 23.4 Å². The van der Waals surface area contributed by atoms with Crippen LogP contribution in [0, 0.1) is 5.92 Å². The maximum Gasteiger partial charge on any atom is 0.265 e. The third-order valence-electron chi connectivity index (χ3n) is 5.99. The molecule has 2 aliphatic rings. The van der Waals surface area contributed by atoms with Crippen LogP contribution in [0.1, 0.15) is 31.7 Å². The summed E-state index contributed by atoms with van der Waals surface area (Å²) in [6.07, 6.45) is 5.32. The minimum absolute atomic E-state index is 0.00401. The largest absolute Gasteiger partial charge is 0.355 e. The lowest BCUT2D eigenvalue weighted by molar-refractivity contribution is -0.122. The number of carbonyl (C=O) groups is 2. The molecule has 2 aromatic rings. The molecule has 2 heterocycles. The number of para-hydroxylation sites is 1. The Morgan fingerprint density at radius 1 is 1.24 bits per heavy atom. The number of halogens is 1. The minimum atomic E-state index is -0.170. The van der Waals surface area contributed by atoms with Crippen LogP contribution in [-0.4, -0.2) is 49.4 Å². The van der Waals surface area contributed by atoms with E-state index in [4.69, 9.17) is 11.6 Å². The van der Waals surface area contributed by atoms with E-state index in [9.17, 15) is 9.59 Å². The summed E-state index contributed by atoms with van der Waals surface area (Å²) in [6, 6.07) is 15.1. The van der Waals surface area contributed by atoms with Crippen molar-refractivity contribution >= 4 is 46.9 Å². The van der Waals surface area contributed by atoms with Gasteiger partial charge in [-0.3, -0.25) is 14.5 Å². The Labute approximate surface area is 205 Å². The van der Waals surface area contributed by atoms with Crippen LogP contribution in [0.15, 0.2) is 58.3 Å². The first-order chi connectivity index (χ1) is 16.0. The molecule has 2 amide bonds. The quantitative estimate of drug-likeness (QED) is 0.442. The molecule has 0 saturated carbocycles. The summed E-state index contributed by atoms with van der Waals surface area (Å²) in [5.41, 5.74) is 1.63. The summed E-state index contributed by atoms with van der Waals surface area (Å²) < 4.78 is 0. The molecule has 2 aliphatic heterocycles. The van der Waals surface area contributed by atoms with Crippen molar-refractivity contribution < 1.29 is 9.59 Å². The van der Waals surface area contributed by atoms with E-state index in [2.05, 4.69) is 17.1 Å². The van der Waals surface area contributed by atoms with Gasteiger partial charge in [0.25, 0.3) is 5.91 Å². The number of nitrogens with zero attached hydrogens (tertiary/aromatic N) is 2. The Morgan fingerprint density at radius 2 is 2.09 bits per heavy atom. The number of carbonyl (C=O) groups excluding carboxylic acids is 2. The number of hydrogen-bond acceptors (Lipinski definition) is 4. The maximum absolute atomic E-state index is 13.3. The third kappa shape index (κ3) is 6.40. The average molecular weight is 484 g/mol. The van der Waals surface area contributed by atoms with Crippen LogP contribution in [0.3, 0.4) is 0 Å². The lowest BCUT2D eigenvalue weighted by atomic mass is 10.0. The second-order valence-corrected chi connectivity index (χ2v) is 10.3. The van der Waals surface area contributed by atoms with Gasteiger partial charge in [0, 0.05) is 23.0 Å². The Bertz CT molecular complexity index is 1040. The Kier molecular flexibility index (Phi) is 8.12. The zero-order chi connectivity index (χ0) is 23.2. The zero-order valence-electron chi connectivity index (χ0n) is 18.9. The van der Waals surface area contributed by atoms with Crippen molar-refractivity contribution in [2.24, 2.45) is 5.92 Å². The second kappa shape index (κ2) is 11.2. The van der Waals surface area contributed by atoms with Crippen LogP contribution < -0.4 is 10.2 Å². The smallest absolute Gasteiger partial charge is 0.265 e. The summed E-state index contributed by atoms with van der Waals surface area (Å²) in [5.74, 6) is 0.445. The molecule has 2 aromatic carbocycles. The van der Waals surface area contributed by atoms with E-state index in [1.807, 2.05) is 48.5 Å². The summed E-state index contributed by atoms with van der Waals surface area (Å²) in [7, 11) is 0. The highest BCUT2D eigenvalue weighted by atomic mass is 35.5. The van der Waals surface area contributed by atoms with Crippen molar-refractivity contribution in [1.29, 1.82) is 0 Å². The molecule has 5 nitrogen and oxygen atoms in total. The molecule has 1 fully saturated rings. The number of hydrogen-bond donors (Lipinski definition) is 1. The first-order valence-electron chi connectivity index (χ1n) is 11.5. The molecule has 0 spiro atoms. The molecule has 1 N–H and O–H groups in total. The number of anilines is 1. The number of likely N-dealkylation sites (tertiary alicyclic amines) is 1. The fourth-order valence-corrected chi connectivity index (χ4v) is 5.64. The molecule has 1 saturated heterocycles. The number of thioether (sulfide) groups is 1. The topological polar surface area (TPSA) is 52.7 Å². The highest BCUT2D eigenvalue weighted by Crippen LogP contribution is 2.42. The fourth-order valence-electron chi connectivity index (χ4n) is 4.39. The van der Waals surface area contributed by atoms with Gasteiger partial charge < -0.3 is 10.2 Å². The van der Waals surface area contributed by atoms with E-state index in [-0.39, 0.29) is 18.4 Å². The Balaban J connectivity index is 1.39. The van der Waals surface area contributed by atoms with Gasteiger partial charge in [0.2, 0.25) is 5.91 Å². The first-order valence-corrected chi connectivity index (χ1v) is 12.7. The summed E-state index contributed by atoms with van der Waals surface area (Å²) >= 11 is 7.53. The SMILES string of the molecule is CC1CCCN(CCCNC(=O)CN2C(=O)C(=Cc3cccc(Cl)c3)Sc3ccccc32)C1. The van der Waals surface area contributed by atoms with Crippen LogP contribution in [0.5, 0.6) is 0 Å². The van der Waals surface area contributed by atoms with Crippen molar-refractivity contribution in [1.82, 2.24) is 10.2 Å². The van der Waals surface area contributed by atoms with E-state index < -0.39 is 0 Å². The molecule has 33 heavy (non-hydrogen) atoms. The lowest BCUT2D eigenvalue weighted by Gasteiger charge is -2.31. The number of nitrogens with one attached hydrogen (secondary N) is 1.